The number of ether oxygens (including phenoxy) is 1. The minimum Gasteiger partial charge on any atom is -0.463 e. The molecule has 0 atom stereocenters. The number of hydrogen-bond donors (Lipinski definition) is 1. The Morgan fingerprint density at radius 2 is 2.00 bits per heavy atom. The Balaban J connectivity index is 1.87. The average Bonchev–Trinajstić information content (AvgIpc) is 2.78. The SMILES string of the molecule is CN(Cc1ccc(CN)o1)C1CCOCC1. The molecule has 1 saturated heterocycles. The van der Waals surface area contributed by atoms with Gasteiger partial charge in [0.05, 0.1) is 13.1 Å². The standard InChI is InChI=1S/C12H20N2O2/c1-14(10-4-6-15-7-5-10)9-12-3-2-11(8-13)16-12/h2-3,10H,4-9,13H2,1H3. The molecule has 0 aromatic carbocycles. The monoisotopic (exact) mass is 224 g/mol. The van der Waals surface area contributed by atoms with E-state index in [0.717, 1.165) is 44.1 Å². The molecule has 0 unspecified atom stereocenters. The molecule has 2 N–H and O–H groups in total. The highest BCUT2D eigenvalue weighted by atomic mass is 16.5. The van der Waals surface area contributed by atoms with Crippen LogP contribution in [0.2, 0.25) is 0 Å². The van der Waals surface area contributed by atoms with E-state index in [0.29, 0.717) is 12.6 Å². The van der Waals surface area contributed by atoms with E-state index in [1.807, 2.05) is 12.1 Å². The molecule has 0 radical (unpaired) electrons. The predicted molar refractivity (Wildman–Crippen MR) is 61.9 cm³/mol. The molecule has 0 aliphatic carbocycles. The fraction of sp³-hybridized carbons (Fsp3) is 0.667. The molecule has 1 aromatic rings. The van der Waals surface area contributed by atoms with Crippen molar-refractivity contribution in [3.63, 3.8) is 0 Å². The highest BCUT2D eigenvalue weighted by molar-refractivity contribution is 5.06. The Bertz CT molecular complexity index is 319. The number of nitrogens with zero attached hydrogens (tertiary/aromatic N) is 1. The van der Waals surface area contributed by atoms with E-state index in [2.05, 4.69) is 11.9 Å². The number of nitrogens with two attached hydrogens (primary N) is 1. The minimum absolute atomic E-state index is 0.473. The molecular weight excluding hydrogens is 204 g/mol. The van der Waals surface area contributed by atoms with Crippen LogP contribution in [0.25, 0.3) is 0 Å². The van der Waals surface area contributed by atoms with Crippen LogP contribution in [0, 0.1) is 0 Å². The van der Waals surface area contributed by atoms with Crippen molar-refractivity contribution in [3.05, 3.63) is 23.7 Å². The van der Waals surface area contributed by atoms with Crippen molar-refractivity contribution in [3.8, 4) is 0 Å². The molecule has 2 rings (SSSR count). The molecule has 1 fully saturated rings. The van der Waals surface area contributed by atoms with Gasteiger partial charge in [-0.1, -0.05) is 0 Å². The Kier molecular flexibility index (Phi) is 3.98. The summed E-state index contributed by atoms with van der Waals surface area (Å²) in [6.45, 7) is 3.08. The third-order valence-electron chi connectivity index (χ3n) is 3.14. The molecule has 1 aliphatic heterocycles. The topological polar surface area (TPSA) is 51.6 Å². The summed E-state index contributed by atoms with van der Waals surface area (Å²) >= 11 is 0. The second kappa shape index (κ2) is 5.48. The summed E-state index contributed by atoms with van der Waals surface area (Å²) in [6.07, 6.45) is 2.22. The zero-order valence-electron chi connectivity index (χ0n) is 9.82. The zero-order valence-corrected chi connectivity index (χ0v) is 9.82. The Hall–Kier alpha value is -0.840. The number of rotatable bonds is 4. The summed E-state index contributed by atoms with van der Waals surface area (Å²) in [5, 5.41) is 0. The molecule has 0 saturated carbocycles. The van der Waals surface area contributed by atoms with Gasteiger partial charge in [-0.25, -0.2) is 0 Å². The van der Waals surface area contributed by atoms with E-state index in [1.165, 1.54) is 0 Å². The lowest BCUT2D eigenvalue weighted by molar-refractivity contribution is 0.0386. The third kappa shape index (κ3) is 2.84. The average molecular weight is 224 g/mol. The van der Waals surface area contributed by atoms with Gasteiger partial charge in [0.2, 0.25) is 0 Å². The van der Waals surface area contributed by atoms with Gasteiger partial charge in [-0.2, -0.15) is 0 Å². The molecule has 0 bridgehead atoms. The lowest BCUT2D eigenvalue weighted by Gasteiger charge is -2.30. The summed E-state index contributed by atoms with van der Waals surface area (Å²) in [5.74, 6) is 1.85. The van der Waals surface area contributed by atoms with E-state index < -0.39 is 0 Å². The first kappa shape index (κ1) is 11.6. The van der Waals surface area contributed by atoms with E-state index in [-0.39, 0.29) is 0 Å². The van der Waals surface area contributed by atoms with Crippen molar-refractivity contribution < 1.29 is 9.15 Å². The maximum Gasteiger partial charge on any atom is 0.118 e. The molecule has 16 heavy (non-hydrogen) atoms. The predicted octanol–water partition coefficient (Wildman–Crippen LogP) is 1.35. The lowest BCUT2D eigenvalue weighted by atomic mass is 10.1. The van der Waals surface area contributed by atoms with E-state index >= 15 is 0 Å². The van der Waals surface area contributed by atoms with Crippen molar-refractivity contribution >= 4 is 0 Å². The largest absolute Gasteiger partial charge is 0.463 e. The van der Waals surface area contributed by atoms with E-state index in [1.54, 1.807) is 0 Å². The molecule has 90 valence electrons. The van der Waals surface area contributed by atoms with Gasteiger partial charge in [-0.05, 0) is 32.0 Å². The number of furan rings is 1. The van der Waals surface area contributed by atoms with Gasteiger partial charge in [-0.15, -0.1) is 0 Å². The molecular formula is C12H20N2O2. The van der Waals surface area contributed by atoms with Crippen molar-refractivity contribution in [2.24, 2.45) is 5.73 Å². The van der Waals surface area contributed by atoms with Crippen LogP contribution < -0.4 is 5.73 Å². The first-order valence-corrected chi connectivity index (χ1v) is 5.85. The van der Waals surface area contributed by atoms with Crippen LogP contribution >= 0.6 is 0 Å². The Morgan fingerprint density at radius 1 is 1.31 bits per heavy atom. The van der Waals surface area contributed by atoms with Crippen molar-refractivity contribution in [2.75, 3.05) is 20.3 Å². The smallest absolute Gasteiger partial charge is 0.118 e. The zero-order chi connectivity index (χ0) is 11.4. The van der Waals surface area contributed by atoms with Crippen LogP contribution in [0.15, 0.2) is 16.5 Å². The summed E-state index contributed by atoms with van der Waals surface area (Å²) in [4.78, 5) is 2.33. The van der Waals surface area contributed by atoms with E-state index in [4.69, 9.17) is 14.9 Å². The fourth-order valence-electron chi connectivity index (χ4n) is 2.12. The molecule has 1 aliphatic rings. The summed E-state index contributed by atoms with van der Waals surface area (Å²) < 4.78 is 11.0. The normalized spacial score (nSPS) is 18.2. The van der Waals surface area contributed by atoms with Gasteiger partial charge in [0.1, 0.15) is 11.5 Å². The van der Waals surface area contributed by atoms with Crippen LogP contribution in [-0.2, 0) is 17.8 Å². The summed E-state index contributed by atoms with van der Waals surface area (Å²) in [6, 6.07) is 4.57. The molecule has 4 nitrogen and oxygen atoms in total. The van der Waals surface area contributed by atoms with Gasteiger partial charge in [0, 0.05) is 19.3 Å². The Labute approximate surface area is 96.4 Å². The van der Waals surface area contributed by atoms with Crippen LogP contribution in [0.1, 0.15) is 24.4 Å². The molecule has 0 spiro atoms. The van der Waals surface area contributed by atoms with Gasteiger partial charge < -0.3 is 14.9 Å². The van der Waals surface area contributed by atoms with Crippen LogP contribution in [0.5, 0.6) is 0 Å². The van der Waals surface area contributed by atoms with Crippen molar-refractivity contribution in [1.82, 2.24) is 4.90 Å². The van der Waals surface area contributed by atoms with Gasteiger partial charge in [0.25, 0.3) is 0 Å². The summed E-state index contributed by atoms with van der Waals surface area (Å²) in [5.41, 5.74) is 5.51. The highest BCUT2D eigenvalue weighted by Gasteiger charge is 2.19. The molecule has 0 amide bonds. The van der Waals surface area contributed by atoms with Gasteiger partial charge in [0.15, 0.2) is 0 Å². The molecule has 2 heterocycles. The fourth-order valence-corrected chi connectivity index (χ4v) is 2.12. The minimum atomic E-state index is 0.473. The second-order valence-electron chi connectivity index (χ2n) is 4.33. The molecule has 4 heteroatoms. The first-order valence-electron chi connectivity index (χ1n) is 5.85. The third-order valence-corrected chi connectivity index (χ3v) is 3.14. The van der Waals surface area contributed by atoms with Crippen molar-refractivity contribution in [2.45, 2.75) is 32.0 Å². The Morgan fingerprint density at radius 3 is 2.62 bits per heavy atom. The second-order valence-corrected chi connectivity index (χ2v) is 4.33. The first-order chi connectivity index (χ1) is 7.79. The molecule has 1 aromatic heterocycles. The van der Waals surface area contributed by atoms with Gasteiger partial charge in [-0.3, -0.25) is 4.90 Å². The van der Waals surface area contributed by atoms with E-state index in [9.17, 15) is 0 Å². The number of hydrogen-bond acceptors (Lipinski definition) is 4. The maximum atomic E-state index is 5.60. The van der Waals surface area contributed by atoms with Gasteiger partial charge >= 0.3 is 0 Å². The quantitative estimate of drug-likeness (QED) is 0.838. The van der Waals surface area contributed by atoms with Crippen LogP contribution in [-0.4, -0.2) is 31.2 Å². The maximum absolute atomic E-state index is 5.60. The van der Waals surface area contributed by atoms with Crippen molar-refractivity contribution in [1.29, 1.82) is 0 Å². The van der Waals surface area contributed by atoms with Crippen LogP contribution in [0.4, 0.5) is 0 Å². The van der Waals surface area contributed by atoms with Crippen LogP contribution in [0.3, 0.4) is 0 Å². The summed E-state index contributed by atoms with van der Waals surface area (Å²) in [7, 11) is 2.14. The lowest BCUT2D eigenvalue weighted by Crippen LogP contribution is -2.36. The highest BCUT2D eigenvalue weighted by Crippen LogP contribution is 2.16.